The Bertz CT molecular complexity index is 911. The van der Waals surface area contributed by atoms with Crippen molar-refractivity contribution in [2.75, 3.05) is 0 Å². The van der Waals surface area contributed by atoms with Gasteiger partial charge in [-0.2, -0.15) is 4.31 Å². The van der Waals surface area contributed by atoms with E-state index in [0.29, 0.717) is 19.3 Å². The van der Waals surface area contributed by atoms with Gasteiger partial charge in [0.2, 0.25) is 15.9 Å². The van der Waals surface area contributed by atoms with Gasteiger partial charge in [0, 0.05) is 12.5 Å². The number of primary amides is 1. The molecular formula is C20H23FN2O3S. The zero-order valence-electron chi connectivity index (χ0n) is 15.1. The Hall–Kier alpha value is -2.25. The predicted molar refractivity (Wildman–Crippen MR) is 101 cm³/mol. The molecule has 1 amide bonds. The summed E-state index contributed by atoms with van der Waals surface area (Å²) in [6, 6.07) is 11.9. The lowest BCUT2D eigenvalue weighted by Gasteiger charge is -2.30. The first kappa shape index (κ1) is 19.5. The lowest BCUT2D eigenvalue weighted by atomic mass is 10.0. The van der Waals surface area contributed by atoms with Crippen LogP contribution in [-0.4, -0.2) is 24.7 Å². The first-order chi connectivity index (χ1) is 12.8. The number of benzene rings is 2. The fraction of sp³-hybridized carbons (Fsp3) is 0.350. The van der Waals surface area contributed by atoms with Crippen molar-refractivity contribution in [1.29, 1.82) is 0 Å². The molecule has 27 heavy (non-hydrogen) atoms. The Morgan fingerprint density at radius 2 is 1.74 bits per heavy atom. The van der Waals surface area contributed by atoms with Gasteiger partial charge >= 0.3 is 0 Å². The summed E-state index contributed by atoms with van der Waals surface area (Å²) in [6.45, 7) is 1.89. The second kappa shape index (κ2) is 7.78. The van der Waals surface area contributed by atoms with Crippen LogP contribution in [0.1, 0.15) is 42.9 Å². The summed E-state index contributed by atoms with van der Waals surface area (Å²) in [7, 11) is -3.77. The Labute approximate surface area is 159 Å². The number of nitrogens with two attached hydrogens (primary N) is 1. The molecule has 2 aromatic carbocycles. The summed E-state index contributed by atoms with van der Waals surface area (Å²) in [4.78, 5) is 11.4. The number of aryl methyl sites for hydroxylation is 1. The van der Waals surface area contributed by atoms with Gasteiger partial charge in [-0.3, -0.25) is 4.79 Å². The number of amides is 1. The lowest BCUT2D eigenvalue weighted by Crippen LogP contribution is -2.38. The van der Waals surface area contributed by atoms with Crippen LogP contribution in [0.5, 0.6) is 0 Å². The van der Waals surface area contributed by atoms with E-state index in [-0.39, 0.29) is 23.2 Å². The molecule has 0 aromatic heterocycles. The molecule has 5 nitrogen and oxygen atoms in total. The smallest absolute Gasteiger partial charge is 0.243 e. The average molecular weight is 390 g/mol. The number of halogens is 1. The molecule has 0 aliphatic carbocycles. The second-order valence-electron chi connectivity index (χ2n) is 6.95. The third kappa shape index (κ3) is 4.20. The van der Waals surface area contributed by atoms with E-state index in [1.807, 2.05) is 6.92 Å². The molecule has 0 unspecified atom stereocenters. The molecule has 1 heterocycles. The van der Waals surface area contributed by atoms with Crippen LogP contribution in [0, 0.1) is 12.7 Å². The molecule has 1 aliphatic rings. The molecule has 0 radical (unpaired) electrons. The predicted octanol–water partition coefficient (Wildman–Crippen LogP) is 3.29. The highest BCUT2D eigenvalue weighted by Crippen LogP contribution is 2.42. The number of nitrogens with zero attached hydrogens (tertiary/aromatic N) is 1. The summed E-state index contributed by atoms with van der Waals surface area (Å²) >= 11 is 0. The highest BCUT2D eigenvalue weighted by Gasteiger charge is 2.42. The van der Waals surface area contributed by atoms with E-state index in [1.165, 1.54) is 16.4 Å². The minimum Gasteiger partial charge on any atom is -0.370 e. The van der Waals surface area contributed by atoms with Gasteiger partial charge in [0.15, 0.2) is 0 Å². The molecule has 2 atom stereocenters. The molecule has 1 saturated heterocycles. The first-order valence-electron chi connectivity index (χ1n) is 8.93. The fourth-order valence-electron chi connectivity index (χ4n) is 3.63. The minimum absolute atomic E-state index is 0.126. The summed E-state index contributed by atoms with van der Waals surface area (Å²) in [5.74, 6) is -0.817. The van der Waals surface area contributed by atoms with Crippen molar-refractivity contribution in [3.63, 3.8) is 0 Å². The molecule has 7 heteroatoms. The molecule has 1 fully saturated rings. The Balaban J connectivity index is 2.00. The molecule has 1 aliphatic heterocycles. The highest BCUT2D eigenvalue weighted by molar-refractivity contribution is 7.89. The van der Waals surface area contributed by atoms with Gasteiger partial charge in [0.05, 0.1) is 10.9 Å². The Morgan fingerprint density at radius 3 is 2.33 bits per heavy atom. The first-order valence-corrected chi connectivity index (χ1v) is 10.4. The van der Waals surface area contributed by atoms with Crippen LogP contribution in [0.25, 0.3) is 0 Å². The van der Waals surface area contributed by atoms with Crippen LogP contribution >= 0.6 is 0 Å². The number of rotatable bonds is 6. The average Bonchev–Trinajstić information content (AvgIpc) is 3.06. The van der Waals surface area contributed by atoms with E-state index in [9.17, 15) is 17.6 Å². The van der Waals surface area contributed by atoms with Gasteiger partial charge in [-0.15, -0.1) is 0 Å². The van der Waals surface area contributed by atoms with Crippen molar-refractivity contribution >= 4 is 15.9 Å². The van der Waals surface area contributed by atoms with Crippen LogP contribution in [0.2, 0.25) is 0 Å². The van der Waals surface area contributed by atoms with E-state index in [1.54, 1.807) is 36.4 Å². The Kier molecular flexibility index (Phi) is 5.62. The van der Waals surface area contributed by atoms with E-state index < -0.39 is 22.0 Å². The van der Waals surface area contributed by atoms with Crippen molar-refractivity contribution in [3.05, 3.63) is 65.5 Å². The molecular weight excluding hydrogens is 367 g/mol. The standard InChI is InChI=1S/C20H23FN2O3S/c1-14-2-10-18(11-3-14)27(25,26)23-17(9-13-20(22)24)8-12-19(23)15-4-6-16(21)7-5-15/h2-7,10-11,17,19H,8-9,12-13H2,1H3,(H2,22,24)/t17-,19-/m0/s1. The largest absolute Gasteiger partial charge is 0.370 e. The van der Waals surface area contributed by atoms with Crippen molar-refractivity contribution < 1.29 is 17.6 Å². The van der Waals surface area contributed by atoms with Crippen molar-refractivity contribution in [2.45, 2.75) is 49.6 Å². The normalized spacial score (nSPS) is 20.7. The number of hydrogen-bond acceptors (Lipinski definition) is 3. The van der Waals surface area contributed by atoms with Crippen LogP contribution in [0.4, 0.5) is 4.39 Å². The molecule has 144 valence electrons. The number of hydrogen-bond donors (Lipinski definition) is 1. The third-order valence-electron chi connectivity index (χ3n) is 5.02. The zero-order chi connectivity index (χ0) is 19.6. The van der Waals surface area contributed by atoms with Crippen LogP contribution in [-0.2, 0) is 14.8 Å². The SMILES string of the molecule is Cc1ccc(S(=O)(=O)N2[C@H](CCC(N)=O)CC[C@H]2c2ccc(F)cc2)cc1. The minimum atomic E-state index is -3.77. The van der Waals surface area contributed by atoms with Gasteiger partial charge in [-0.1, -0.05) is 29.8 Å². The van der Waals surface area contributed by atoms with E-state index in [0.717, 1.165) is 11.1 Å². The molecule has 0 saturated carbocycles. The van der Waals surface area contributed by atoms with Crippen LogP contribution in [0.3, 0.4) is 0 Å². The lowest BCUT2D eigenvalue weighted by molar-refractivity contribution is -0.118. The molecule has 3 rings (SSSR count). The van der Waals surface area contributed by atoms with Gasteiger partial charge < -0.3 is 5.73 Å². The van der Waals surface area contributed by atoms with E-state index in [2.05, 4.69) is 0 Å². The Morgan fingerprint density at radius 1 is 1.11 bits per heavy atom. The molecule has 0 spiro atoms. The molecule has 0 bridgehead atoms. The van der Waals surface area contributed by atoms with E-state index >= 15 is 0 Å². The van der Waals surface area contributed by atoms with Gasteiger partial charge in [-0.25, -0.2) is 12.8 Å². The van der Waals surface area contributed by atoms with Crippen molar-refractivity contribution in [1.82, 2.24) is 4.31 Å². The van der Waals surface area contributed by atoms with Crippen molar-refractivity contribution in [3.8, 4) is 0 Å². The number of carbonyl (C=O) groups is 1. The monoisotopic (exact) mass is 390 g/mol. The second-order valence-corrected chi connectivity index (χ2v) is 8.79. The van der Waals surface area contributed by atoms with Crippen LogP contribution in [0.15, 0.2) is 53.4 Å². The molecule has 2 aromatic rings. The fourth-order valence-corrected chi connectivity index (χ4v) is 5.52. The maximum atomic E-state index is 13.4. The van der Waals surface area contributed by atoms with Gasteiger partial charge in [0.25, 0.3) is 0 Å². The topological polar surface area (TPSA) is 80.5 Å². The number of carbonyl (C=O) groups excluding carboxylic acids is 1. The summed E-state index contributed by atoms with van der Waals surface area (Å²) in [6.07, 6.45) is 1.74. The summed E-state index contributed by atoms with van der Waals surface area (Å²) in [5, 5.41) is 0. The zero-order valence-corrected chi connectivity index (χ0v) is 16.0. The maximum Gasteiger partial charge on any atom is 0.243 e. The summed E-state index contributed by atoms with van der Waals surface area (Å²) in [5.41, 5.74) is 6.98. The quantitative estimate of drug-likeness (QED) is 0.822. The highest BCUT2D eigenvalue weighted by atomic mass is 32.2. The van der Waals surface area contributed by atoms with E-state index in [4.69, 9.17) is 5.73 Å². The van der Waals surface area contributed by atoms with Crippen LogP contribution < -0.4 is 5.73 Å². The third-order valence-corrected chi connectivity index (χ3v) is 6.99. The van der Waals surface area contributed by atoms with Gasteiger partial charge in [-0.05, 0) is 56.0 Å². The van der Waals surface area contributed by atoms with Gasteiger partial charge in [0.1, 0.15) is 5.82 Å². The number of sulfonamides is 1. The van der Waals surface area contributed by atoms with Crippen molar-refractivity contribution in [2.24, 2.45) is 5.73 Å². The maximum absolute atomic E-state index is 13.4. The summed E-state index contributed by atoms with van der Waals surface area (Å²) < 4.78 is 41.6. The molecule has 2 N–H and O–H groups in total.